The van der Waals surface area contributed by atoms with Crippen LogP contribution < -0.4 is 5.01 Å². The van der Waals surface area contributed by atoms with Crippen LogP contribution in [0.5, 0.6) is 0 Å². The van der Waals surface area contributed by atoms with Crippen LogP contribution in [0.3, 0.4) is 0 Å². The standard InChI is InChI=1S/C8H6FN3O/c9-6-2-1-3-7(4-6)12-8(13)5-10-11-12/h1-4H,5H2. The second kappa shape index (κ2) is 2.93. The van der Waals surface area contributed by atoms with Gasteiger partial charge in [0, 0.05) is 0 Å². The van der Waals surface area contributed by atoms with Crippen molar-refractivity contribution in [3.63, 3.8) is 0 Å². The Balaban J connectivity index is 2.35. The summed E-state index contributed by atoms with van der Waals surface area (Å²) in [6, 6.07) is 5.67. The first-order valence-electron chi connectivity index (χ1n) is 3.73. The number of nitrogens with zero attached hydrogens (tertiary/aromatic N) is 3. The molecule has 1 amide bonds. The fraction of sp³-hybridized carbons (Fsp3) is 0.125. The first-order chi connectivity index (χ1) is 6.27. The molecule has 0 unspecified atom stereocenters. The quantitative estimate of drug-likeness (QED) is 0.644. The first kappa shape index (κ1) is 7.85. The number of hydrogen-bond acceptors (Lipinski definition) is 3. The maximum Gasteiger partial charge on any atom is 0.272 e. The number of halogens is 1. The van der Waals surface area contributed by atoms with Crippen molar-refractivity contribution in [2.45, 2.75) is 0 Å². The number of amides is 1. The van der Waals surface area contributed by atoms with E-state index in [1.807, 2.05) is 0 Å². The minimum atomic E-state index is -0.396. The third-order valence-corrected chi connectivity index (χ3v) is 1.65. The van der Waals surface area contributed by atoms with Gasteiger partial charge < -0.3 is 0 Å². The summed E-state index contributed by atoms with van der Waals surface area (Å²) in [5, 5.41) is 8.19. The van der Waals surface area contributed by atoms with Gasteiger partial charge in [-0.3, -0.25) is 4.79 Å². The van der Waals surface area contributed by atoms with Gasteiger partial charge in [-0.15, -0.1) is 0 Å². The topological polar surface area (TPSA) is 45.0 Å². The van der Waals surface area contributed by atoms with Crippen molar-refractivity contribution in [3.8, 4) is 0 Å². The Morgan fingerprint density at radius 2 is 2.31 bits per heavy atom. The molecule has 0 aromatic heterocycles. The van der Waals surface area contributed by atoms with Crippen LogP contribution in [-0.4, -0.2) is 12.5 Å². The summed E-state index contributed by atoms with van der Waals surface area (Å²) >= 11 is 0. The van der Waals surface area contributed by atoms with Gasteiger partial charge in [0.25, 0.3) is 5.91 Å². The van der Waals surface area contributed by atoms with Crippen LogP contribution in [0.25, 0.3) is 0 Å². The van der Waals surface area contributed by atoms with Crippen LogP contribution in [-0.2, 0) is 4.79 Å². The molecule has 5 heteroatoms. The molecule has 0 atom stereocenters. The zero-order valence-corrected chi connectivity index (χ0v) is 6.64. The van der Waals surface area contributed by atoms with Gasteiger partial charge in [0.2, 0.25) is 0 Å². The Kier molecular flexibility index (Phi) is 1.77. The Bertz CT molecular complexity index is 377. The van der Waals surface area contributed by atoms with Crippen LogP contribution in [0.1, 0.15) is 0 Å². The lowest BCUT2D eigenvalue weighted by Gasteiger charge is -2.08. The minimum absolute atomic E-state index is 0.0382. The molecule has 0 aliphatic carbocycles. The molecule has 0 radical (unpaired) electrons. The van der Waals surface area contributed by atoms with Crippen LogP contribution in [0.15, 0.2) is 34.6 Å². The van der Waals surface area contributed by atoms with E-state index in [9.17, 15) is 9.18 Å². The molecule has 66 valence electrons. The van der Waals surface area contributed by atoms with E-state index in [-0.39, 0.29) is 12.5 Å². The average molecular weight is 179 g/mol. The third-order valence-electron chi connectivity index (χ3n) is 1.65. The van der Waals surface area contributed by atoms with Crippen molar-refractivity contribution in [2.24, 2.45) is 10.3 Å². The number of carbonyl (C=O) groups is 1. The highest BCUT2D eigenvalue weighted by atomic mass is 19.1. The van der Waals surface area contributed by atoms with Crippen LogP contribution in [0.2, 0.25) is 0 Å². The van der Waals surface area contributed by atoms with Crippen molar-refractivity contribution >= 4 is 11.6 Å². The van der Waals surface area contributed by atoms with Crippen molar-refractivity contribution in [1.29, 1.82) is 0 Å². The Morgan fingerprint density at radius 3 is 2.92 bits per heavy atom. The molecular weight excluding hydrogens is 173 g/mol. The van der Waals surface area contributed by atoms with Crippen LogP contribution in [0.4, 0.5) is 10.1 Å². The molecule has 2 rings (SSSR count). The molecule has 1 heterocycles. The smallest absolute Gasteiger partial charge is 0.270 e. The lowest BCUT2D eigenvalue weighted by atomic mass is 10.3. The number of anilines is 1. The molecule has 0 bridgehead atoms. The number of carbonyl (C=O) groups excluding carboxylic acids is 1. The highest BCUT2D eigenvalue weighted by Gasteiger charge is 2.19. The van der Waals surface area contributed by atoms with Gasteiger partial charge in [-0.1, -0.05) is 11.3 Å². The van der Waals surface area contributed by atoms with Crippen molar-refractivity contribution in [2.75, 3.05) is 11.6 Å². The Morgan fingerprint density at radius 1 is 1.46 bits per heavy atom. The predicted octanol–water partition coefficient (Wildman–Crippen LogP) is 1.54. The van der Waals surface area contributed by atoms with E-state index in [0.717, 1.165) is 5.01 Å². The molecule has 1 aliphatic heterocycles. The van der Waals surface area contributed by atoms with E-state index in [1.54, 1.807) is 6.07 Å². The Labute approximate surface area is 73.7 Å². The van der Waals surface area contributed by atoms with E-state index in [1.165, 1.54) is 18.2 Å². The molecule has 0 spiro atoms. The molecule has 0 N–H and O–H groups in total. The first-order valence-corrected chi connectivity index (χ1v) is 3.73. The van der Waals surface area contributed by atoms with Crippen LogP contribution >= 0.6 is 0 Å². The molecule has 0 saturated heterocycles. The van der Waals surface area contributed by atoms with Gasteiger partial charge in [0.15, 0.2) is 0 Å². The maximum absolute atomic E-state index is 12.7. The fourth-order valence-electron chi connectivity index (χ4n) is 1.08. The molecular formula is C8H6FN3O. The fourth-order valence-corrected chi connectivity index (χ4v) is 1.08. The highest BCUT2D eigenvalue weighted by Crippen LogP contribution is 2.18. The van der Waals surface area contributed by atoms with Crippen LogP contribution in [0, 0.1) is 5.82 Å². The minimum Gasteiger partial charge on any atom is -0.270 e. The van der Waals surface area contributed by atoms with E-state index in [2.05, 4.69) is 10.3 Å². The van der Waals surface area contributed by atoms with Gasteiger partial charge in [0.05, 0.1) is 5.69 Å². The summed E-state index contributed by atoms with van der Waals surface area (Å²) in [7, 11) is 0. The summed E-state index contributed by atoms with van der Waals surface area (Å²) in [5.74, 6) is -0.641. The van der Waals surface area contributed by atoms with E-state index < -0.39 is 5.82 Å². The summed E-state index contributed by atoms with van der Waals surface area (Å²) < 4.78 is 12.7. The second-order valence-corrected chi connectivity index (χ2v) is 2.57. The van der Waals surface area contributed by atoms with Gasteiger partial charge in [-0.25, -0.2) is 4.39 Å². The van der Waals surface area contributed by atoms with Crippen molar-refractivity contribution in [1.82, 2.24) is 0 Å². The molecule has 13 heavy (non-hydrogen) atoms. The van der Waals surface area contributed by atoms with Gasteiger partial charge >= 0.3 is 0 Å². The SMILES string of the molecule is O=C1CN=NN1c1cccc(F)c1. The highest BCUT2D eigenvalue weighted by molar-refractivity contribution is 5.95. The zero-order valence-electron chi connectivity index (χ0n) is 6.64. The third kappa shape index (κ3) is 1.40. The monoisotopic (exact) mass is 179 g/mol. The average Bonchev–Trinajstić information content (AvgIpc) is 2.51. The molecule has 1 aromatic rings. The largest absolute Gasteiger partial charge is 0.272 e. The van der Waals surface area contributed by atoms with Gasteiger partial charge in [-0.05, 0) is 18.2 Å². The van der Waals surface area contributed by atoms with E-state index >= 15 is 0 Å². The predicted molar refractivity (Wildman–Crippen MR) is 43.6 cm³/mol. The van der Waals surface area contributed by atoms with Crippen molar-refractivity contribution in [3.05, 3.63) is 30.1 Å². The number of rotatable bonds is 1. The lowest BCUT2D eigenvalue weighted by Crippen LogP contribution is -2.21. The molecule has 1 aliphatic rings. The summed E-state index contributed by atoms with van der Waals surface area (Å²) in [5.41, 5.74) is 0.409. The molecule has 1 aromatic carbocycles. The van der Waals surface area contributed by atoms with Gasteiger partial charge in [0.1, 0.15) is 12.4 Å². The second-order valence-electron chi connectivity index (χ2n) is 2.57. The van der Waals surface area contributed by atoms with Crippen molar-refractivity contribution < 1.29 is 9.18 Å². The lowest BCUT2D eigenvalue weighted by molar-refractivity contribution is -0.116. The summed E-state index contributed by atoms with van der Waals surface area (Å²) in [4.78, 5) is 11.1. The Hall–Kier alpha value is -1.78. The molecule has 0 saturated carbocycles. The number of hydrogen-bond donors (Lipinski definition) is 0. The maximum atomic E-state index is 12.7. The van der Waals surface area contributed by atoms with E-state index in [4.69, 9.17) is 0 Å². The molecule has 4 nitrogen and oxygen atoms in total. The van der Waals surface area contributed by atoms with E-state index in [0.29, 0.717) is 5.69 Å². The van der Waals surface area contributed by atoms with Gasteiger partial charge in [-0.2, -0.15) is 10.1 Å². The number of benzene rings is 1. The normalized spacial score (nSPS) is 15.5. The molecule has 0 fully saturated rings. The summed E-state index contributed by atoms with van der Waals surface area (Å²) in [6.45, 7) is 0.0382. The summed E-state index contributed by atoms with van der Waals surface area (Å²) in [6.07, 6.45) is 0. The zero-order chi connectivity index (χ0) is 9.26.